The molecule has 12 heteroatoms. The van der Waals surface area contributed by atoms with Crippen LogP contribution in [0.15, 0.2) is 36.2 Å². The van der Waals surface area contributed by atoms with Gasteiger partial charge in [-0.2, -0.15) is 13.2 Å². The smallest absolute Gasteiger partial charge is 0.416 e. The second-order valence-corrected chi connectivity index (χ2v) is 7.52. The van der Waals surface area contributed by atoms with Gasteiger partial charge in [-0.1, -0.05) is 6.08 Å². The number of halogens is 3. The van der Waals surface area contributed by atoms with E-state index in [0.717, 1.165) is 12.1 Å². The number of carbonyl (C=O) groups excluding carboxylic acids is 2. The molecule has 2 heterocycles. The number of benzene rings is 1. The van der Waals surface area contributed by atoms with E-state index in [1.807, 2.05) is 4.90 Å². The minimum atomic E-state index is -4.57. The molecule has 1 aliphatic heterocycles. The molecule has 1 amide bonds. The summed E-state index contributed by atoms with van der Waals surface area (Å²) in [5.74, 6) is -1.59. The monoisotopic (exact) mass is 470 g/mol. The topological polar surface area (TPSA) is 92.8 Å². The second-order valence-electron chi connectivity index (χ2n) is 6.66. The van der Waals surface area contributed by atoms with E-state index < -0.39 is 30.2 Å². The van der Waals surface area contributed by atoms with Crippen molar-refractivity contribution in [2.24, 2.45) is 0 Å². The van der Waals surface area contributed by atoms with Gasteiger partial charge in [0, 0.05) is 25.0 Å². The number of aromatic nitrogens is 1. The molecule has 8 nitrogen and oxygen atoms in total. The van der Waals surface area contributed by atoms with Crippen LogP contribution in [-0.2, 0) is 20.4 Å². The standard InChI is InChI=1S/C20H21F3N4O4S/c1-2-5-24-19-26-15(12-32-19)18(29)31-11-17(28)25-14-10-13(20(21,22)23)3-4-16(14)27-6-8-30-9-7-27/h2-4,10,12H,1,5-9,11H2,(H,24,26)(H,25,28). The molecule has 0 saturated carbocycles. The minimum absolute atomic E-state index is 0.0161. The number of nitrogens with one attached hydrogen (secondary N) is 2. The fourth-order valence-corrected chi connectivity index (χ4v) is 3.58. The maximum absolute atomic E-state index is 13.2. The number of amides is 1. The van der Waals surface area contributed by atoms with Crippen LogP contribution in [0, 0.1) is 0 Å². The van der Waals surface area contributed by atoms with Gasteiger partial charge in [-0.25, -0.2) is 9.78 Å². The molecule has 2 aromatic rings. The minimum Gasteiger partial charge on any atom is -0.451 e. The first kappa shape index (κ1) is 23.5. The van der Waals surface area contributed by atoms with Crippen molar-refractivity contribution in [2.75, 3.05) is 55.0 Å². The van der Waals surface area contributed by atoms with Crippen molar-refractivity contribution >= 4 is 39.7 Å². The van der Waals surface area contributed by atoms with Gasteiger partial charge in [-0.15, -0.1) is 17.9 Å². The number of ether oxygens (including phenoxy) is 2. The molecular formula is C20H21F3N4O4S. The molecule has 0 radical (unpaired) electrons. The number of esters is 1. The molecule has 2 N–H and O–H groups in total. The largest absolute Gasteiger partial charge is 0.451 e. The molecule has 0 aliphatic carbocycles. The van der Waals surface area contributed by atoms with Crippen molar-refractivity contribution in [1.82, 2.24) is 4.98 Å². The SMILES string of the molecule is C=CCNc1nc(C(=O)OCC(=O)Nc2cc(C(F)(F)F)ccc2N2CCOCC2)cs1. The summed E-state index contributed by atoms with van der Waals surface area (Å²) in [6.45, 7) is 5.13. The molecule has 0 bridgehead atoms. The average Bonchev–Trinajstić information content (AvgIpc) is 3.25. The predicted molar refractivity (Wildman–Crippen MR) is 114 cm³/mol. The lowest BCUT2D eigenvalue weighted by molar-refractivity contribution is -0.137. The van der Waals surface area contributed by atoms with E-state index in [-0.39, 0.29) is 11.4 Å². The van der Waals surface area contributed by atoms with Crippen LogP contribution < -0.4 is 15.5 Å². The number of carbonyl (C=O) groups is 2. The molecule has 1 aliphatic rings. The number of thiazole rings is 1. The molecule has 32 heavy (non-hydrogen) atoms. The van der Waals surface area contributed by atoms with Crippen molar-refractivity contribution in [3.63, 3.8) is 0 Å². The van der Waals surface area contributed by atoms with Crippen molar-refractivity contribution in [1.29, 1.82) is 0 Å². The Morgan fingerprint density at radius 3 is 2.75 bits per heavy atom. The summed E-state index contributed by atoms with van der Waals surface area (Å²) in [6.07, 6.45) is -2.94. The molecule has 1 fully saturated rings. The van der Waals surface area contributed by atoms with Crippen molar-refractivity contribution in [2.45, 2.75) is 6.18 Å². The summed E-state index contributed by atoms with van der Waals surface area (Å²) in [5, 5.41) is 7.29. The Hall–Kier alpha value is -3.12. The molecule has 1 saturated heterocycles. The first-order valence-corrected chi connectivity index (χ1v) is 10.5. The molecule has 0 atom stereocenters. The second kappa shape index (κ2) is 10.5. The average molecular weight is 470 g/mol. The van der Waals surface area contributed by atoms with Crippen LogP contribution >= 0.6 is 11.3 Å². The first-order chi connectivity index (χ1) is 15.3. The summed E-state index contributed by atoms with van der Waals surface area (Å²) in [4.78, 5) is 30.3. The molecule has 0 spiro atoms. The Kier molecular flexibility index (Phi) is 7.70. The third-order valence-corrected chi connectivity index (χ3v) is 5.20. The molecule has 1 aromatic carbocycles. The quantitative estimate of drug-likeness (QED) is 0.451. The van der Waals surface area contributed by atoms with Crippen molar-refractivity contribution < 1.29 is 32.2 Å². The maximum Gasteiger partial charge on any atom is 0.416 e. The predicted octanol–water partition coefficient (Wildman–Crippen LogP) is 3.39. The zero-order chi connectivity index (χ0) is 23.1. The highest BCUT2D eigenvalue weighted by Crippen LogP contribution is 2.35. The molecule has 1 aromatic heterocycles. The highest BCUT2D eigenvalue weighted by molar-refractivity contribution is 7.13. The zero-order valence-corrected chi connectivity index (χ0v) is 17.7. The summed E-state index contributed by atoms with van der Waals surface area (Å²) in [6, 6.07) is 3.13. The van der Waals surface area contributed by atoms with E-state index in [2.05, 4.69) is 22.2 Å². The summed E-state index contributed by atoms with van der Waals surface area (Å²) < 4.78 is 49.7. The van der Waals surface area contributed by atoms with Crippen LogP contribution in [0.25, 0.3) is 0 Å². The van der Waals surface area contributed by atoms with Gasteiger partial charge < -0.3 is 25.0 Å². The summed E-state index contributed by atoms with van der Waals surface area (Å²) >= 11 is 1.18. The molecule has 3 rings (SSSR count). The highest BCUT2D eigenvalue weighted by atomic mass is 32.1. The lowest BCUT2D eigenvalue weighted by atomic mass is 10.1. The normalized spacial score (nSPS) is 14.0. The Morgan fingerprint density at radius 1 is 1.31 bits per heavy atom. The number of alkyl halides is 3. The Balaban J connectivity index is 1.66. The van der Waals surface area contributed by atoms with Crippen molar-refractivity contribution in [3.05, 3.63) is 47.5 Å². The fourth-order valence-electron chi connectivity index (χ4n) is 2.89. The third kappa shape index (κ3) is 6.20. The lowest BCUT2D eigenvalue weighted by Crippen LogP contribution is -2.37. The van der Waals surface area contributed by atoms with Crippen molar-refractivity contribution in [3.8, 4) is 0 Å². The fraction of sp³-hybridized carbons (Fsp3) is 0.350. The summed E-state index contributed by atoms with van der Waals surface area (Å²) in [5.41, 5.74) is -0.475. The first-order valence-electron chi connectivity index (χ1n) is 9.59. The van der Waals surface area contributed by atoms with Gasteiger partial charge >= 0.3 is 12.1 Å². The number of hydrogen-bond acceptors (Lipinski definition) is 8. The van der Waals surface area contributed by atoms with Gasteiger partial charge in [0.1, 0.15) is 0 Å². The highest BCUT2D eigenvalue weighted by Gasteiger charge is 2.32. The van der Waals surface area contributed by atoms with E-state index in [1.54, 1.807) is 6.08 Å². The van der Waals surface area contributed by atoms with Crippen LogP contribution in [0.1, 0.15) is 16.1 Å². The Bertz CT molecular complexity index is 974. The van der Waals surface area contributed by atoms with E-state index in [9.17, 15) is 22.8 Å². The Labute approximate surface area is 186 Å². The summed E-state index contributed by atoms with van der Waals surface area (Å²) in [7, 11) is 0. The van der Waals surface area contributed by atoms with E-state index in [4.69, 9.17) is 9.47 Å². The van der Waals surface area contributed by atoms with Gasteiger partial charge in [-0.05, 0) is 18.2 Å². The number of hydrogen-bond donors (Lipinski definition) is 2. The van der Waals surface area contributed by atoms with Gasteiger partial charge in [0.2, 0.25) is 0 Å². The van der Waals surface area contributed by atoms with Crippen LogP contribution in [0.3, 0.4) is 0 Å². The van der Waals surface area contributed by atoms with Crippen LogP contribution in [0.4, 0.5) is 29.7 Å². The van der Waals surface area contributed by atoms with E-state index >= 15 is 0 Å². The molecule has 0 unspecified atom stereocenters. The number of nitrogens with zero attached hydrogens (tertiary/aromatic N) is 2. The maximum atomic E-state index is 13.2. The Morgan fingerprint density at radius 2 is 2.06 bits per heavy atom. The van der Waals surface area contributed by atoms with Gasteiger partial charge in [0.05, 0.1) is 30.2 Å². The van der Waals surface area contributed by atoms with E-state index in [1.165, 1.54) is 22.8 Å². The van der Waals surface area contributed by atoms with Crippen LogP contribution in [-0.4, -0.2) is 56.3 Å². The van der Waals surface area contributed by atoms with Crippen LogP contribution in [0.2, 0.25) is 0 Å². The van der Waals surface area contributed by atoms with E-state index in [0.29, 0.717) is 43.7 Å². The van der Waals surface area contributed by atoms with Gasteiger partial charge in [-0.3, -0.25) is 4.79 Å². The van der Waals surface area contributed by atoms with Gasteiger partial charge in [0.15, 0.2) is 17.4 Å². The van der Waals surface area contributed by atoms with Gasteiger partial charge in [0.25, 0.3) is 5.91 Å². The lowest BCUT2D eigenvalue weighted by Gasteiger charge is -2.31. The zero-order valence-electron chi connectivity index (χ0n) is 16.9. The number of anilines is 3. The number of rotatable bonds is 8. The van der Waals surface area contributed by atoms with Crippen LogP contribution in [0.5, 0.6) is 0 Å². The molecule has 172 valence electrons. The molecular weight excluding hydrogens is 449 g/mol. The number of morpholine rings is 1. The third-order valence-electron chi connectivity index (χ3n) is 4.40.